The van der Waals surface area contributed by atoms with E-state index >= 15 is 0 Å². The number of nitrogens with one attached hydrogen (secondary N) is 1. The van der Waals surface area contributed by atoms with Crippen LogP contribution in [0.1, 0.15) is 43.9 Å². The number of allylic oxidation sites excluding steroid dienone is 2. The van der Waals surface area contributed by atoms with Crippen molar-refractivity contribution in [2.24, 2.45) is 11.8 Å². The third-order valence-corrected chi connectivity index (χ3v) is 5.79. The number of hydrogen-bond donors (Lipinski definition) is 2. The summed E-state index contributed by atoms with van der Waals surface area (Å²) >= 11 is 0. The van der Waals surface area contributed by atoms with E-state index in [-0.39, 0.29) is 11.9 Å². The van der Waals surface area contributed by atoms with Crippen molar-refractivity contribution in [1.29, 1.82) is 0 Å². The van der Waals surface area contributed by atoms with Crippen molar-refractivity contribution in [2.45, 2.75) is 32.7 Å². The average Bonchev–Trinajstić information content (AvgIpc) is 2.74. The van der Waals surface area contributed by atoms with Gasteiger partial charge in [-0.05, 0) is 49.9 Å². The molecule has 152 valence electrons. The number of ether oxygens (including phenoxy) is 1. The van der Waals surface area contributed by atoms with Crippen LogP contribution in [0.25, 0.3) is 0 Å². The van der Waals surface area contributed by atoms with Crippen LogP contribution in [0.3, 0.4) is 0 Å². The van der Waals surface area contributed by atoms with Crippen molar-refractivity contribution in [1.82, 2.24) is 5.32 Å². The van der Waals surface area contributed by atoms with E-state index in [1.54, 1.807) is 7.11 Å². The average molecular weight is 393 g/mol. The van der Waals surface area contributed by atoms with Crippen molar-refractivity contribution in [2.75, 3.05) is 7.11 Å². The Labute approximate surface area is 171 Å². The third kappa shape index (κ3) is 4.67. The Kier molecular flexibility index (Phi) is 6.37. The van der Waals surface area contributed by atoms with Gasteiger partial charge in [-0.25, -0.2) is 0 Å². The van der Waals surface area contributed by atoms with E-state index in [2.05, 4.69) is 5.32 Å². The van der Waals surface area contributed by atoms with Crippen LogP contribution < -0.4 is 10.1 Å². The zero-order valence-electron chi connectivity index (χ0n) is 17.0. The summed E-state index contributed by atoms with van der Waals surface area (Å²) in [5, 5.41) is 12.8. The fraction of sp³-hybridized carbons (Fsp3) is 0.333. The normalized spacial score (nSPS) is 20.1. The highest BCUT2D eigenvalue weighted by molar-refractivity contribution is 5.86. The van der Waals surface area contributed by atoms with Gasteiger partial charge in [-0.2, -0.15) is 0 Å². The molecule has 0 bridgehead atoms. The standard InChI is InChI=1S/C24H27NO4/c1-15-13-20(21(24(27)28)14-16(15)2)23(26)25-22(17-7-5-4-6-8-17)18-9-11-19(29-3)12-10-18/h4-12,20-22H,13-14H2,1-3H3,(H,25,26)(H,27,28)/t20-,21+,22-/m1/s1. The maximum atomic E-state index is 13.2. The smallest absolute Gasteiger partial charge is 0.307 e. The lowest BCUT2D eigenvalue weighted by Gasteiger charge is -2.31. The number of rotatable bonds is 6. The molecule has 2 N–H and O–H groups in total. The molecule has 2 aromatic carbocycles. The molecule has 0 fully saturated rings. The molecule has 1 amide bonds. The number of benzene rings is 2. The van der Waals surface area contributed by atoms with Crippen LogP contribution in [0, 0.1) is 11.8 Å². The maximum Gasteiger partial charge on any atom is 0.307 e. The molecule has 0 saturated carbocycles. The van der Waals surface area contributed by atoms with Gasteiger partial charge in [0.2, 0.25) is 5.91 Å². The van der Waals surface area contributed by atoms with Gasteiger partial charge in [-0.3, -0.25) is 9.59 Å². The Hall–Kier alpha value is -3.08. The second-order valence-electron chi connectivity index (χ2n) is 7.65. The number of carbonyl (C=O) groups is 2. The van der Waals surface area contributed by atoms with Gasteiger partial charge in [0.15, 0.2) is 0 Å². The molecule has 29 heavy (non-hydrogen) atoms. The van der Waals surface area contributed by atoms with Crippen LogP contribution in [0.15, 0.2) is 65.7 Å². The summed E-state index contributed by atoms with van der Waals surface area (Å²) in [5.41, 5.74) is 4.02. The van der Waals surface area contributed by atoms with Gasteiger partial charge in [0.25, 0.3) is 0 Å². The third-order valence-electron chi connectivity index (χ3n) is 5.79. The Bertz CT molecular complexity index is 902. The number of hydrogen-bond acceptors (Lipinski definition) is 3. The predicted octanol–water partition coefficient (Wildman–Crippen LogP) is 4.35. The first-order valence-corrected chi connectivity index (χ1v) is 9.78. The molecule has 1 aliphatic carbocycles. The minimum Gasteiger partial charge on any atom is -0.497 e. The number of carboxylic acid groups (broad SMARTS) is 1. The molecule has 3 rings (SSSR count). The second-order valence-corrected chi connectivity index (χ2v) is 7.65. The molecular formula is C24H27NO4. The van der Waals surface area contributed by atoms with Crippen molar-refractivity contribution in [3.63, 3.8) is 0 Å². The van der Waals surface area contributed by atoms with Crippen molar-refractivity contribution in [3.05, 3.63) is 76.9 Å². The predicted molar refractivity (Wildman–Crippen MR) is 112 cm³/mol. The van der Waals surface area contributed by atoms with Crippen LogP contribution >= 0.6 is 0 Å². The fourth-order valence-corrected chi connectivity index (χ4v) is 3.88. The first kappa shape index (κ1) is 20.6. The van der Waals surface area contributed by atoms with E-state index in [9.17, 15) is 14.7 Å². The summed E-state index contributed by atoms with van der Waals surface area (Å²) < 4.78 is 5.24. The zero-order chi connectivity index (χ0) is 21.0. The molecule has 3 atom stereocenters. The summed E-state index contributed by atoms with van der Waals surface area (Å²) in [5.74, 6) is -1.69. The second kappa shape index (κ2) is 8.95. The Morgan fingerprint density at radius 3 is 2.03 bits per heavy atom. The van der Waals surface area contributed by atoms with E-state index in [4.69, 9.17) is 4.74 Å². The van der Waals surface area contributed by atoms with Gasteiger partial charge in [0, 0.05) is 0 Å². The molecular weight excluding hydrogens is 366 g/mol. The topological polar surface area (TPSA) is 75.6 Å². The van der Waals surface area contributed by atoms with E-state index < -0.39 is 17.8 Å². The summed E-state index contributed by atoms with van der Waals surface area (Å²) in [6.07, 6.45) is 0.885. The van der Waals surface area contributed by atoms with Gasteiger partial charge in [0.1, 0.15) is 5.75 Å². The van der Waals surface area contributed by atoms with Crippen molar-refractivity contribution >= 4 is 11.9 Å². The molecule has 0 unspecified atom stereocenters. The van der Waals surface area contributed by atoms with E-state index in [0.717, 1.165) is 28.0 Å². The van der Waals surface area contributed by atoms with Crippen molar-refractivity contribution in [3.8, 4) is 5.75 Å². The Morgan fingerprint density at radius 2 is 1.48 bits per heavy atom. The van der Waals surface area contributed by atoms with Gasteiger partial charge in [-0.15, -0.1) is 0 Å². The van der Waals surface area contributed by atoms with Crippen LogP contribution in [0.5, 0.6) is 5.75 Å². The first-order chi connectivity index (χ1) is 13.9. The molecule has 0 aromatic heterocycles. The van der Waals surface area contributed by atoms with Gasteiger partial charge >= 0.3 is 5.97 Å². The molecule has 1 aliphatic rings. The SMILES string of the molecule is COc1ccc([C@H](NC(=O)[C@@H]2CC(C)=C(C)C[C@@H]2C(=O)O)c2ccccc2)cc1. The maximum absolute atomic E-state index is 13.2. The molecule has 5 nitrogen and oxygen atoms in total. The molecule has 0 radical (unpaired) electrons. The van der Waals surface area contributed by atoms with E-state index in [1.165, 1.54) is 0 Å². The number of carboxylic acids is 1. The number of amides is 1. The number of carbonyl (C=O) groups excluding carboxylic acids is 1. The molecule has 0 spiro atoms. The zero-order valence-corrected chi connectivity index (χ0v) is 17.0. The van der Waals surface area contributed by atoms with E-state index in [1.807, 2.05) is 68.4 Å². The lowest BCUT2D eigenvalue weighted by atomic mass is 9.76. The van der Waals surface area contributed by atoms with Crippen LogP contribution in [-0.4, -0.2) is 24.1 Å². The summed E-state index contributed by atoms with van der Waals surface area (Å²) in [4.78, 5) is 25.0. The molecule has 0 saturated heterocycles. The molecule has 2 aromatic rings. The van der Waals surface area contributed by atoms with Gasteiger partial charge in [0.05, 0.1) is 25.0 Å². The first-order valence-electron chi connectivity index (χ1n) is 9.78. The highest BCUT2D eigenvalue weighted by Gasteiger charge is 2.38. The molecule has 5 heteroatoms. The highest BCUT2D eigenvalue weighted by atomic mass is 16.5. The van der Waals surface area contributed by atoms with Gasteiger partial charge < -0.3 is 15.2 Å². The summed E-state index contributed by atoms with van der Waals surface area (Å²) in [7, 11) is 1.61. The fourth-order valence-electron chi connectivity index (χ4n) is 3.88. The van der Waals surface area contributed by atoms with Crippen molar-refractivity contribution < 1.29 is 19.4 Å². The summed E-state index contributed by atoms with van der Waals surface area (Å²) in [6, 6.07) is 16.9. The van der Waals surface area contributed by atoms with E-state index in [0.29, 0.717) is 12.8 Å². The minimum absolute atomic E-state index is 0.228. The Morgan fingerprint density at radius 1 is 0.931 bits per heavy atom. The quantitative estimate of drug-likeness (QED) is 0.716. The monoisotopic (exact) mass is 393 g/mol. The minimum atomic E-state index is -0.919. The Balaban J connectivity index is 1.90. The molecule has 0 heterocycles. The van der Waals surface area contributed by atoms with Gasteiger partial charge in [-0.1, -0.05) is 53.6 Å². The summed E-state index contributed by atoms with van der Waals surface area (Å²) in [6.45, 7) is 3.93. The lowest BCUT2D eigenvalue weighted by Crippen LogP contribution is -2.41. The highest BCUT2D eigenvalue weighted by Crippen LogP contribution is 2.35. The lowest BCUT2D eigenvalue weighted by molar-refractivity contribution is -0.147. The molecule has 0 aliphatic heterocycles. The number of methoxy groups -OCH3 is 1. The van der Waals surface area contributed by atoms with Crippen LogP contribution in [0.2, 0.25) is 0 Å². The largest absolute Gasteiger partial charge is 0.497 e. The van der Waals surface area contributed by atoms with Crippen LogP contribution in [0.4, 0.5) is 0 Å². The van der Waals surface area contributed by atoms with Crippen LogP contribution in [-0.2, 0) is 9.59 Å². The number of aliphatic carboxylic acids is 1.